The van der Waals surface area contributed by atoms with Gasteiger partial charge in [-0.25, -0.2) is 0 Å². The molecule has 0 unspecified atom stereocenters. The van der Waals surface area contributed by atoms with Gasteiger partial charge in [-0.2, -0.15) is 0 Å². The van der Waals surface area contributed by atoms with Crippen LogP contribution in [0.4, 0.5) is 5.69 Å². The standard InChI is InChI=1S/C15H17NO2S/c1-3-13-10(2)8-14(19-13)15(18)16-12-6-4-11(9-17)5-7-12/h4-8,17H,3,9H2,1-2H3,(H,16,18). The Labute approximate surface area is 116 Å². The second kappa shape index (κ2) is 5.99. The van der Waals surface area contributed by atoms with E-state index in [2.05, 4.69) is 12.2 Å². The van der Waals surface area contributed by atoms with Gasteiger partial charge in [0.05, 0.1) is 11.5 Å². The van der Waals surface area contributed by atoms with E-state index in [-0.39, 0.29) is 12.5 Å². The molecule has 2 rings (SSSR count). The number of aryl methyl sites for hydroxylation is 2. The van der Waals surface area contributed by atoms with E-state index in [1.807, 2.05) is 13.0 Å². The van der Waals surface area contributed by atoms with Crippen LogP contribution in [0.3, 0.4) is 0 Å². The summed E-state index contributed by atoms with van der Waals surface area (Å²) in [5.41, 5.74) is 2.75. The summed E-state index contributed by atoms with van der Waals surface area (Å²) in [5.74, 6) is -0.0791. The Morgan fingerprint density at radius 2 is 2.00 bits per heavy atom. The van der Waals surface area contributed by atoms with Crippen molar-refractivity contribution < 1.29 is 9.90 Å². The van der Waals surface area contributed by atoms with Crippen molar-refractivity contribution in [1.29, 1.82) is 0 Å². The third-order valence-electron chi connectivity index (χ3n) is 2.96. The normalized spacial score (nSPS) is 10.5. The first kappa shape index (κ1) is 13.8. The highest BCUT2D eigenvalue weighted by Crippen LogP contribution is 2.23. The molecular weight excluding hydrogens is 258 g/mol. The monoisotopic (exact) mass is 275 g/mol. The lowest BCUT2D eigenvalue weighted by Crippen LogP contribution is -2.10. The van der Waals surface area contributed by atoms with Gasteiger partial charge in [-0.3, -0.25) is 4.79 Å². The van der Waals surface area contributed by atoms with Gasteiger partial charge in [0.2, 0.25) is 0 Å². The zero-order chi connectivity index (χ0) is 13.8. The number of aliphatic hydroxyl groups excluding tert-OH is 1. The topological polar surface area (TPSA) is 49.3 Å². The molecule has 0 saturated carbocycles. The number of carbonyl (C=O) groups is 1. The minimum Gasteiger partial charge on any atom is -0.392 e. The molecule has 3 nitrogen and oxygen atoms in total. The lowest BCUT2D eigenvalue weighted by atomic mass is 10.2. The van der Waals surface area contributed by atoms with Crippen molar-refractivity contribution >= 4 is 22.9 Å². The van der Waals surface area contributed by atoms with Crippen molar-refractivity contribution in [3.63, 3.8) is 0 Å². The van der Waals surface area contributed by atoms with Gasteiger partial charge in [0.15, 0.2) is 0 Å². The second-order valence-corrected chi connectivity index (χ2v) is 5.52. The van der Waals surface area contributed by atoms with Crippen LogP contribution in [0.25, 0.3) is 0 Å². The number of thiophene rings is 1. The summed E-state index contributed by atoms with van der Waals surface area (Å²) >= 11 is 1.54. The molecule has 1 amide bonds. The third-order valence-corrected chi connectivity index (χ3v) is 4.34. The van der Waals surface area contributed by atoms with Gasteiger partial charge in [0, 0.05) is 10.6 Å². The van der Waals surface area contributed by atoms with Gasteiger partial charge in [0.25, 0.3) is 5.91 Å². The molecule has 0 spiro atoms. The lowest BCUT2D eigenvalue weighted by molar-refractivity contribution is 0.103. The molecule has 100 valence electrons. The molecule has 1 heterocycles. The first-order valence-electron chi connectivity index (χ1n) is 6.24. The molecule has 0 bridgehead atoms. The predicted molar refractivity (Wildman–Crippen MR) is 78.8 cm³/mol. The van der Waals surface area contributed by atoms with Gasteiger partial charge in [-0.15, -0.1) is 11.3 Å². The van der Waals surface area contributed by atoms with Crippen LogP contribution in [0.5, 0.6) is 0 Å². The molecule has 2 N–H and O–H groups in total. The molecular formula is C15H17NO2S. The summed E-state index contributed by atoms with van der Waals surface area (Å²) in [7, 11) is 0. The van der Waals surface area contributed by atoms with E-state index in [0.29, 0.717) is 0 Å². The minimum absolute atomic E-state index is 0.0121. The number of hydrogen-bond donors (Lipinski definition) is 2. The summed E-state index contributed by atoms with van der Waals surface area (Å²) < 4.78 is 0. The van der Waals surface area contributed by atoms with E-state index in [1.165, 1.54) is 10.4 Å². The number of anilines is 1. The van der Waals surface area contributed by atoms with Crippen LogP contribution in [-0.2, 0) is 13.0 Å². The van der Waals surface area contributed by atoms with Crippen LogP contribution < -0.4 is 5.32 Å². The Kier molecular flexibility index (Phi) is 4.35. The molecule has 0 aliphatic heterocycles. The Morgan fingerprint density at radius 1 is 1.32 bits per heavy atom. The van der Waals surface area contributed by atoms with E-state index in [4.69, 9.17) is 5.11 Å². The van der Waals surface area contributed by atoms with Crippen molar-refractivity contribution in [2.24, 2.45) is 0 Å². The van der Waals surface area contributed by atoms with Crippen molar-refractivity contribution in [3.8, 4) is 0 Å². The lowest BCUT2D eigenvalue weighted by Gasteiger charge is -2.04. The van der Waals surface area contributed by atoms with Crippen LogP contribution in [0.15, 0.2) is 30.3 Å². The zero-order valence-electron chi connectivity index (χ0n) is 11.1. The smallest absolute Gasteiger partial charge is 0.265 e. The van der Waals surface area contributed by atoms with Gasteiger partial charge in [0.1, 0.15) is 0 Å². The fourth-order valence-corrected chi connectivity index (χ4v) is 2.88. The summed E-state index contributed by atoms with van der Waals surface area (Å²) in [6.07, 6.45) is 0.953. The van der Waals surface area contributed by atoms with Crippen LogP contribution in [-0.4, -0.2) is 11.0 Å². The number of aliphatic hydroxyl groups is 1. The largest absolute Gasteiger partial charge is 0.392 e. The average Bonchev–Trinajstić information content (AvgIpc) is 2.81. The highest BCUT2D eigenvalue weighted by Gasteiger charge is 2.11. The first-order chi connectivity index (χ1) is 9.13. The molecule has 2 aromatic rings. The van der Waals surface area contributed by atoms with Crippen LogP contribution in [0, 0.1) is 6.92 Å². The van der Waals surface area contributed by atoms with E-state index >= 15 is 0 Å². The predicted octanol–water partition coefficient (Wildman–Crippen LogP) is 3.36. The highest BCUT2D eigenvalue weighted by atomic mass is 32.1. The molecule has 19 heavy (non-hydrogen) atoms. The average molecular weight is 275 g/mol. The Bertz CT molecular complexity index is 572. The quantitative estimate of drug-likeness (QED) is 0.899. The van der Waals surface area contributed by atoms with E-state index in [1.54, 1.807) is 35.6 Å². The highest BCUT2D eigenvalue weighted by molar-refractivity contribution is 7.14. The maximum atomic E-state index is 12.1. The SMILES string of the molecule is CCc1sc(C(=O)Nc2ccc(CO)cc2)cc1C. The van der Waals surface area contributed by atoms with Crippen molar-refractivity contribution in [2.75, 3.05) is 5.32 Å². The molecule has 0 aliphatic rings. The number of carbonyl (C=O) groups excluding carboxylic acids is 1. The van der Waals surface area contributed by atoms with Gasteiger partial charge >= 0.3 is 0 Å². The molecule has 0 saturated heterocycles. The van der Waals surface area contributed by atoms with Gasteiger partial charge < -0.3 is 10.4 Å². The molecule has 1 aromatic heterocycles. The molecule has 0 fully saturated rings. The zero-order valence-corrected chi connectivity index (χ0v) is 11.9. The maximum absolute atomic E-state index is 12.1. The fraction of sp³-hybridized carbons (Fsp3) is 0.267. The molecule has 0 radical (unpaired) electrons. The van der Waals surface area contributed by atoms with Crippen molar-refractivity contribution in [3.05, 3.63) is 51.2 Å². The van der Waals surface area contributed by atoms with E-state index in [9.17, 15) is 4.79 Å². The minimum atomic E-state index is -0.0791. The third kappa shape index (κ3) is 3.22. The van der Waals surface area contributed by atoms with E-state index < -0.39 is 0 Å². The Hall–Kier alpha value is -1.65. The number of rotatable bonds is 4. The second-order valence-electron chi connectivity index (χ2n) is 4.38. The number of amides is 1. The molecule has 0 atom stereocenters. The summed E-state index contributed by atoms with van der Waals surface area (Å²) in [4.78, 5) is 14.1. The van der Waals surface area contributed by atoms with Gasteiger partial charge in [-0.05, 0) is 42.7 Å². The molecule has 4 heteroatoms. The van der Waals surface area contributed by atoms with Crippen molar-refractivity contribution in [1.82, 2.24) is 0 Å². The summed E-state index contributed by atoms with van der Waals surface area (Å²) in [5, 5.41) is 11.8. The van der Waals surface area contributed by atoms with Crippen LogP contribution >= 0.6 is 11.3 Å². The van der Waals surface area contributed by atoms with Crippen LogP contribution in [0.1, 0.15) is 32.6 Å². The summed E-state index contributed by atoms with van der Waals surface area (Å²) in [6, 6.07) is 9.12. The molecule has 1 aromatic carbocycles. The molecule has 0 aliphatic carbocycles. The fourth-order valence-electron chi connectivity index (χ4n) is 1.87. The number of hydrogen-bond acceptors (Lipinski definition) is 3. The number of benzene rings is 1. The number of nitrogens with one attached hydrogen (secondary N) is 1. The Morgan fingerprint density at radius 3 is 2.53 bits per heavy atom. The van der Waals surface area contributed by atoms with Crippen LogP contribution in [0.2, 0.25) is 0 Å². The van der Waals surface area contributed by atoms with E-state index in [0.717, 1.165) is 22.5 Å². The first-order valence-corrected chi connectivity index (χ1v) is 7.06. The van der Waals surface area contributed by atoms with Crippen molar-refractivity contribution in [2.45, 2.75) is 26.9 Å². The maximum Gasteiger partial charge on any atom is 0.265 e. The van der Waals surface area contributed by atoms with Gasteiger partial charge in [-0.1, -0.05) is 19.1 Å². The summed E-state index contributed by atoms with van der Waals surface area (Å²) in [6.45, 7) is 4.13. The Balaban J connectivity index is 2.11.